The van der Waals surface area contributed by atoms with Crippen molar-refractivity contribution in [2.75, 3.05) is 0 Å². The van der Waals surface area contributed by atoms with Gasteiger partial charge in [0, 0.05) is 16.6 Å². The molecule has 0 radical (unpaired) electrons. The van der Waals surface area contributed by atoms with E-state index in [-0.39, 0.29) is 38.1 Å². The van der Waals surface area contributed by atoms with Crippen molar-refractivity contribution in [1.82, 2.24) is 14.2 Å². The van der Waals surface area contributed by atoms with Crippen LogP contribution in [0.15, 0.2) is 65.8 Å². The number of hydrogen-bond acceptors (Lipinski definition) is 5. The average Bonchev–Trinajstić information content (AvgIpc) is 3.12. The number of hydrogen-bond donors (Lipinski definition) is 0. The van der Waals surface area contributed by atoms with Gasteiger partial charge in [-0.1, -0.05) is 35.3 Å². The summed E-state index contributed by atoms with van der Waals surface area (Å²) in [5, 5.41) is 4.68. The lowest BCUT2D eigenvalue weighted by atomic mass is 10.1. The van der Waals surface area contributed by atoms with Gasteiger partial charge in [-0.05, 0) is 36.4 Å². The molecule has 2 aromatic carbocycles. The third-order valence-electron chi connectivity index (χ3n) is 4.38. The summed E-state index contributed by atoms with van der Waals surface area (Å²) in [7, 11) is -4.03. The Bertz CT molecular complexity index is 1380. The van der Waals surface area contributed by atoms with E-state index >= 15 is 0 Å². The van der Waals surface area contributed by atoms with Gasteiger partial charge in [0.05, 0.1) is 39.3 Å². The van der Waals surface area contributed by atoms with E-state index in [9.17, 15) is 17.6 Å². The topological polar surface area (TPSA) is 81.9 Å². The molecule has 0 aliphatic rings. The molecule has 0 aliphatic heterocycles. The fraction of sp³-hybridized carbons (Fsp3) is 0.0500. The van der Waals surface area contributed by atoms with E-state index < -0.39 is 21.6 Å². The highest BCUT2D eigenvalue weighted by atomic mass is 35.5. The Labute approximate surface area is 180 Å². The number of pyridine rings is 1. The molecule has 0 saturated carbocycles. The van der Waals surface area contributed by atoms with E-state index in [2.05, 4.69) is 10.1 Å². The van der Waals surface area contributed by atoms with Crippen LogP contribution in [0.4, 0.5) is 4.39 Å². The summed E-state index contributed by atoms with van der Waals surface area (Å²) in [5.74, 6) is -1.31. The van der Waals surface area contributed by atoms with Gasteiger partial charge in [-0.2, -0.15) is 17.6 Å². The first-order valence-corrected chi connectivity index (χ1v) is 10.8. The Morgan fingerprint density at radius 1 is 1.07 bits per heavy atom. The van der Waals surface area contributed by atoms with E-state index in [0.717, 1.165) is 10.2 Å². The van der Waals surface area contributed by atoms with Crippen LogP contribution < -0.4 is 0 Å². The molecule has 4 rings (SSSR count). The van der Waals surface area contributed by atoms with Crippen LogP contribution in [0, 0.1) is 5.82 Å². The Hall–Kier alpha value is -2.81. The molecule has 0 amide bonds. The second-order valence-corrected chi connectivity index (χ2v) is 8.99. The second-order valence-electron chi connectivity index (χ2n) is 6.38. The van der Waals surface area contributed by atoms with Crippen LogP contribution >= 0.6 is 23.2 Å². The van der Waals surface area contributed by atoms with Crippen molar-refractivity contribution in [3.8, 4) is 0 Å². The monoisotopic (exact) mass is 463 g/mol. The third kappa shape index (κ3) is 3.69. The quantitative estimate of drug-likeness (QED) is 0.405. The number of carbonyl (C=O) groups excluding carboxylic acids is 1. The maximum atomic E-state index is 14.0. The molecule has 4 aromatic rings. The molecule has 152 valence electrons. The van der Waals surface area contributed by atoms with Crippen molar-refractivity contribution in [3.63, 3.8) is 0 Å². The van der Waals surface area contributed by atoms with Gasteiger partial charge in [-0.3, -0.25) is 9.78 Å². The fourth-order valence-corrected chi connectivity index (χ4v) is 4.81. The minimum absolute atomic E-state index is 0.00495. The van der Waals surface area contributed by atoms with E-state index in [0.29, 0.717) is 5.39 Å². The van der Waals surface area contributed by atoms with Crippen molar-refractivity contribution in [2.24, 2.45) is 0 Å². The normalized spacial score (nSPS) is 11.7. The molecule has 0 atom stereocenters. The Kier molecular flexibility index (Phi) is 5.31. The first-order chi connectivity index (χ1) is 14.3. The molecule has 0 fully saturated rings. The standard InChI is InChI=1S/C20H12Cl2FN3O3S/c21-13-3-1-4-15(7-13)30(28,29)26-18-8-14(24-10-12(18)11-25-26)9-19(27)20-16(22)5-2-6-17(20)23/h1-8,10-11H,9H2. The highest BCUT2D eigenvalue weighted by molar-refractivity contribution is 7.90. The van der Waals surface area contributed by atoms with E-state index in [4.69, 9.17) is 23.2 Å². The van der Waals surface area contributed by atoms with Crippen molar-refractivity contribution in [1.29, 1.82) is 0 Å². The summed E-state index contributed by atoms with van der Waals surface area (Å²) in [4.78, 5) is 16.7. The summed E-state index contributed by atoms with van der Waals surface area (Å²) in [6.45, 7) is 0. The highest BCUT2D eigenvalue weighted by Crippen LogP contribution is 2.24. The minimum atomic E-state index is -4.03. The number of aromatic nitrogens is 3. The number of ketones is 1. The van der Waals surface area contributed by atoms with Crippen LogP contribution in [-0.4, -0.2) is 28.4 Å². The van der Waals surface area contributed by atoms with Crippen LogP contribution in [0.2, 0.25) is 10.0 Å². The Morgan fingerprint density at radius 2 is 1.83 bits per heavy atom. The molecule has 6 nitrogen and oxygen atoms in total. The molecule has 0 bridgehead atoms. The Balaban J connectivity index is 1.74. The van der Waals surface area contributed by atoms with E-state index in [1.54, 1.807) is 6.07 Å². The van der Waals surface area contributed by atoms with Crippen LogP contribution in [0.5, 0.6) is 0 Å². The largest absolute Gasteiger partial charge is 0.294 e. The van der Waals surface area contributed by atoms with Crippen molar-refractivity contribution < 1.29 is 17.6 Å². The van der Waals surface area contributed by atoms with Gasteiger partial charge in [0.25, 0.3) is 10.0 Å². The molecule has 0 aliphatic carbocycles. The number of benzene rings is 2. The summed E-state index contributed by atoms with van der Waals surface area (Å²) in [6, 6.07) is 11.2. The molecular weight excluding hydrogens is 452 g/mol. The van der Waals surface area contributed by atoms with E-state index in [1.807, 2.05) is 0 Å². The third-order valence-corrected chi connectivity index (χ3v) is 6.53. The first kappa shape index (κ1) is 20.5. The van der Waals surface area contributed by atoms with Gasteiger partial charge in [0.15, 0.2) is 5.78 Å². The fourth-order valence-electron chi connectivity index (χ4n) is 2.97. The number of carbonyl (C=O) groups is 1. The second kappa shape index (κ2) is 7.79. The highest BCUT2D eigenvalue weighted by Gasteiger charge is 2.22. The number of halogens is 3. The zero-order chi connectivity index (χ0) is 21.5. The van der Waals surface area contributed by atoms with E-state index in [1.165, 1.54) is 48.8 Å². The lowest BCUT2D eigenvalue weighted by molar-refractivity contribution is 0.0988. The van der Waals surface area contributed by atoms with Crippen LogP contribution in [0.1, 0.15) is 16.1 Å². The number of rotatable bonds is 5. The molecule has 30 heavy (non-hydrogen) atoms. The molecular formula is C20H12Cl2FN3O3S. The zero-order valence-electron chi connectivity index (χ0n) is 15.1. The van der Waals surface area contributed by atoms with Crippen molar-refractivity contribution in [2.45, 2.75) is 11.3 Å². The smallest absolute Gasteiger partial charge is 0.283 e. The summed E-state index contributed by atoms with van der Waals surface area (Å²) < 4.78 is 40.9. The molecule has 0 N–H and O–H groups in total. The van der Waals surface area contributed by atoms with Crippen LogP contribution in [0.3, 0.4) is 0 Å². The molecule has 0 saturated heterocycles. The first-order valence-electron chi connectivity index (χ1n) is 8.58. The minimum Gasteiger partial charge on any atom is -0.294 e. The Morgan fingerprint density at radius 3 is 2.57 bits per heavy atom. The summed E-state index contributed by atoms with van der Waals surface area (Å²) >= 11 is 11.9. The van der Waals surface area contributed by atoms with Gasteiger partial charge >= 0.3 is 0 Å². The number of fused-ring (bicyclic) bond motifs is 1. The van der Waals surface area contributed by atoms with Gasteiger partial charge in [-0.25, -0.2) is 4.39 Å². The van der Waals surface area contributed by atoms with Crippen LogP contribution in [-0.2, 0) is 16.4 Å². The molecule has 2 aromatic heterocycles. The number of Topliss-reactive ketones (excluding diaryl/α,β-unsaturated/α-hetero) is 1. The molecule has 0 unspecified atom stereocenters. The molecule has 2 heterocycles. The maximum Gasteiger partial charge on any atom is 0.283 e. The molecule has 10 heteroatoms. The van der Waals surface area contributed by atoms with Crippen molar-refractivity contribution in [3.05, 3.63) is 88.0 Å². The predicted molar refractivity (Wildman–Crippen MR) is 111 cm³/mol. The van der Waals surface area contributed by atoms with Gasteiger partial charge in [0.1, 0.15) is 5.82 Å². The molecule has 0 spiro atoms. The zero-order valence-corrected chi connectivity index (χ0v) is 17.4. The van der Waals surface area contributed by atoms with Gasteiger partial charge in [0.2, 0.25) is 0 Å². The van der Waals surface area contributed by atoms with Crippen molar-refractivity contribution >= 4 is 49.9 Å². The predicted octanol–water partition coefficient (Wildman–Crippen LogP) is 4.54. The average molecular weight is 464 g/mol. The van der Waals surface area contributed by atoms with Gasteiger partial charge < -0.3 is 0 Å². The van der Waals surface area contributed by atoms with Crippen LogP contribution in [0.25, 0.3) is 10.9 Å². The summed E-state index contributed by atoms with van der Waals surface area (Å²) in [5.41, 5.74) is 0.239. The lowest BCUT2D eigenvalue weighted by Crippen LogP contribution is -2.15. The van der Waals surface area contributed by atoms with Gasteiger partial charge in [-0.15, -0.1) is 0 Å². The number of nitrogens with zero attached hydrogens (tertiary/aromatic N) is 3. The SMILES string of the molecule is O=C(Cc1cc2c(cn1)cnn2S(=O)(=O)c1cccc(Cl)c1)c1c(F)cccc1Cl. The summed E-state index contributed by atoms with van der Waals surface area (Å²) in [6.07, 6.45) is 2.49. The maximum absolute atomic E-state index is 14.0. The lowest BCUT2D eigenvalue weighted by Gasteiger charge is -2.08.